The number of aliphatic hydroxyl groups is 1. The van der Waals surface area contributed by atoms with Crippen molar-refractivity contribution in [3.63, 3.8) is 0 Å². The van der Waals surface area contributed by atoms with Gasteiger partial charge < -0.3 is 5.11 Å². The molecular formula is C26H34F2N4O2. The third-order valence-corrected chi connectivity index (χ3v) is 10.5. The number of Topliss-reactive ketones (excluding diaryl/α,β-unsaturated/α-hetero) is 1. The molecule has 1 unspecified atom stereocenters. The van der Waals surface area contributed by atoms with Crippen LogP contribution in [0.3, 0.4) is 0 Å². The highest BCUT2D eigenvalue weighted by Gasteiger charge is 2.59. The minimum absolute atomic E-state index is 0.00139. The Morgan fingerprint density at radius 1 is 1.15 bits per heavy atom. The van der Waals surface area contributed by atoms with E-state index < -0.39 is 12.0 Å². The summed E-state index contributed by atoms with van der Waals surface area (Å²) in [4.78, 5) is 17.6. The van der Waals surface area contributed by atoms with Crippen molar-refractivity contribution in [3.8, 4) is 0 Å². The number of halogens is 2. The van der Waals surface area contributed by atoms with Gasteiger partial charge in [0.2, 0.25) is 0 Å². The lowest BCUT2D eigenvalue weighted by atomic mass is 9.49. The number of hydrogen-bond donors (Lipinski definition) is 1. The SMILES string of the molecule is C[C@]12CC[C@@H]3C4CC[C@](O)(C(F)F)C[C@H]4CC[C@H]3[C@@H]1CC[C@@H]2C(=O)Cn1nnc2cnccc21. The summed E-state index contributed by atoms with van der Waals surface area (Å²) in [5.74, 6) is 2.61. The van der Waals surface area contributed by atoms with E-state index >= 15 is 0 Å². The van der Waals surface area contributed by atoms with E-state index in [1.54, 1.807) is 17.1 Å². The fourth-order valence-electron chi connectivity index (χ4n) is 8.84. The molecule has 4 aliphatic rings. The van der Waals surface area contributed by atoms with E-state index in [2.05, 4.69) is 22.2 Å². The fourth-order valence-corrected chi connectivity index (χ4v) is 8.84. The van der Waals surface area contributed by atoms with Crippen molar-refractivity contribution < 1.29 is 18.7 Å². The van der Waals surface area contributed by atoms with E-state index in [0.29, 0.717) is 35.6 Å². The average molecular weight is 473 g/mol. The Morgan fingerprint density at radius 3 is 2.79 bits per heavy atom. The first kappa shape index (κ1) is 22.5. The summed E-state index contributed by atoms with van der Waals surface area (Å²) >= 11 is 0. The molecule has 8 atom stereocenters. The molecule has 0 spiro atoms. The number of alkyl halides is 2. The minimum Gasteiger partial charge on any atom is -0.384 e. The van der Waals surface area contributed by atoms with Crippen LogP contribution < -0.4 is 0 Å². The normalized spacial score (nSPS) is 41.8. The molecular weight excluding hydrogens is 438 g/mol. The van der Waals surface area contributed by atoms with Gasteiger partial charge >= 0.3 is 0 Å². The molecule has 2 heterocycles. The molecule has 4 fully saturated rings. The Balaban J connectivity index is 1.18. The van der Waals surface area contributed by atoms with Gasteiger partial charge in [0.05, 0.1) is 11.7 Å². The van der Waals surface area contributed by atoms with E-state index in [1.807, 2.05) is 6.07 Å². The molecule has 6 rings (SSSR count). The first-order valence-electron chi connectivity index (χ1n) is 13.0. The van der Waals surface area contributed by atoms with Crippen LogP contribution in [0.4, 0.5) is 8.78 Å². The number of aromatic nitrogens is 4. The molecule has 4 saturated carbocycles. The number of fused-ring (bicyclic) bond motifs is 6. The van der Waals surface area contributed by atoms with Crippen molar-refractivity contribution in [3.05, 3.63) is 18.5 Å². The van der Waals surface area contributed by atoms with Crippen LogP contribution >= 0.6 is 0 Å². The Bertz CT molecular complexity index is 1090. The van der Waals surface area contributed by atoms with Crippen LogP contribution in [0.15, 0.2) is 18.5 Å². The van der Waals surface area contributed by atoms with Crippen LogP contribution in [0.5, 0.6) is 0 Å². The van der Waals surface area contributed by atoms with Crippen LogP contribution in [0.25, 0.3) is 11.0 Å². The van der Waals surface area contributed by atoms with Crippen molar-refractivity contribution in [1.82, 2.24) is 20.0 Å². The number of pyridine rings is 1. The number of nitrogens with zero attached hydrogens (tertiary/aromatic N) is 4. The third kappa shape index (κ3) is 3.34. The van der Waals surface area contributed by atoms with Gasteiger partial charge in [-0.2, -0.15) is 0 Å². The highest BCUT2D eigenvalue weighted by Crippen LogP contribution is 2.65. The molecule has 0 amide bonds. The number of hydrogen-bond acceptors (Lipinski definition) is 5. The second-order valence-corrected chi connectivity index (χ2v) is 11.8. The number of carbonyl (C=O) groups excluding carboxylic acids is 1. The van der Waals surface area contributed by atoms with Crippen LogP contribution in [0.2, 0.25) is 0 Å². The summed E-state index contributed by atoms with van der Waals surface area (Å²) in [5.41, 5.74) is -0.245. The van der Waals surface area contributed by atoms with E-state index in [-0.39, 0.29) is 42.4 Å². The van der Waals surface area contributed by atoms with Crippen molar-refractivity contribution in [2.75, 3.05) is 0 Å². The molecule has 34 heavy (non-hydrogen) atoms. The molecule has 2 aromatic heterocycles. The Labute approximate surface area is 198 Å². The molecule has 1 N–H and O–H groups in total. The molecule has 4 aliphatic carbocycles. The molecule has 8 heteroatoms. The Kier molecular flexibility index (Phi) is 5.32. The summed E-state index contributed by atoms with van der Waals surface area (Å²) in [7, 11) is 0. The molecule has 2 aromatic rings. The van der Waals surface area contributed by atoms with Crippen LogP contribution in [-0.2, 0) is 11.3 Å². The number of rotatable bonds is 4. The number of ketones is 1. The van der Waals surface area contributed by atoms with Gasteiger partial charge in [-0.3, -0.25) is 9.78 Å². The van der Waals surface area contributed by atoms with Gasteiger partial charge in [0.1, 0.15) is 17.7 Å². The standard InChI is InChI=1S/C26H34F2N4O2/c1-25-9-6-17-16-7-10-26(34,24(27)28)12-15(16)2-3-18(17)19(25)4-5-20(25)23(33)14-32-22-8-11-29-13-21(22)30-31-32/h8,11,13,15-20,24,34H,2-7,9-10,12,14H2,1H3/t15-,16?,17-,18-,19+,20-,25+,26-/m1/s1. The largest absolute Gasteiger partial charge is 0.384 e. The van der Waals surface area contributed by atoms with Crippen molar-refractivity contribution in [1.29, 1.82) is 0 Å². The summed E-state index contributed by atoms with van der Waals surface area (Å²) in [6.07, 6.45) is 8.00. The quantitative estimate of drug-likeness (QED) is 0.700. The summed E-state index contributed by atoms with van der Waals surface area (Å²) in [6, 6.07) is 1.85. The minimum atomic E-state index is -2.65. The van der Waals surface area contributed by atoms with Gasteiger partial charge in [0, 0.05) is 12.1 Å². The van der Waals surface area contributed by atoms with E-state index in [4.69, 9.17) is 0 Å². The van der Waals surface area contributed by atoms with Crippen molar-refractivity contribution >= 4 is 16.8 Å². The molecule has 0 saturated heterocycles. The lowest BCUT2D eigenvalue weighted by Gasteiger charge is -2.57. The van der Waals surface area contributed by atoms with Crippen LogP contribution in [-0.4, -0.2) is 42.9 Å². The van der Waals surface area contributed by atoms with Gasteiger partial charge in [-0.15, -0.1) is 5.10 Å². The predicted molar refractivity (Wildman–Crippen MR) is 122 cm³/mol. The molecule has 0 aliphatic heterocycles. The van der Waals surface area contributed by atoms with Crippen molar-refractivity contribution in [2.24, 2.45) is 40.9 Å². The average Bonchev–Trinajstić information content (AvgIpc) is 3.39. The maximum Gasteiger partial charge on any atom is 0.266 e. The smallest absolute Gasteiger partial charge is 0.266 e. The lowest BCUT2D eigenvalue weighted by Crippen LogP contribution is -2.53. The highest BCUT2D eigenvalue weighted by molar-refractivity contribution is 5.84. The Morgan fingerprint density at radius 2 is 1.97 bits per heavy atom. The summed E-state index contributed by atoms with van der Waals surface area (Å²) in [6.45, 7) is 2.58. The molecule has 184 valence electrons. The van der Waals surface area contributed by atoms with E-state index in [9.17, 15) is 18.7 Å². The maximum atomic E-state index is 13.5. The van der Waals surface area contributed by atoms with Gasteiger partial charge in [0.25, 0.3) is 6.43 Å². The van der Waals surface area contributed by atoms with E-state index in [1.165, 1.54) is 0 Å². The second kappa shape index (κ2) is 8.04. The molecule has 6 nitrogen and oxygen atoms in total. The Hall–Kier alpha value is -1.96. The molecule has 0 radical (unpaired) electrons. The topological polar surface area (TPSA) is 80.9 Å². The first-order chi connectivity index (χ1) is 16.3. The van der Waals surface area contributed by atoms with Gasteiger partial charge in [-0.1, -0.05) is 12.1 Å². The first-order valence-corrected chi connectivity index (χ1v) is 13.0. The monoisotopic (exact) mass is 472 g/mol. The number of carbonyl (C=O) groups is 1. The predicted octanol–water partition coefficient (Wildman–Crippen LogP) is 4.66. The molecule has 0 aromatic carbocycles. The lowest BCUT2D eigenvalue weighted by molar-refractivity contribution is -0.160. The van der Waals surface area contributed by atoms with Gasteiger partial charge in [-0.25, -0.2) is 13.5 Å². The van der Waals surface area contributed by atoms with Gasteiger partial charge in [0.15, 0.2) is 5.78 Å². The van der Waals surface area contributed by atoms with Crippen molar-refractivity contribution in [2.45, 2.75) is 83.3 Å². The zero-order valence-electron chi connectivity index (χ0n) is 19.7. The zero-order chi connectivity index (χ0) is 23.7. The second-order valence-electron chi connectivity index (χ2n) is 11.8. The molecule has 0 bridgehead atoms. The van der Waals surface area contributed by atoms with E-state index in [0.717, 1.165) is 44.0 Å². The maximum absolute atomic E-state index is 13.5. The van der Waals surface area contributed by atoms with Crippen LogP contribution in [0.1, 0.15) is 64.7 Å². The highest BCUT2D eigenvalue weighted by atomic mass is 19.3. The van der Waals surface area contributed by atoms with Gasteiger partial charge in [-0.05, 0) is 98.9 Å². The zero-order valence-corrected chi connectivity index (χ0v) is 19.7. The summed E-state index contributed by atoms with van der Waals surface area (Å²) in [5, 5.41) is 18.8. The summed E-state index contributed by atoms with van der Waals surface area (Å²) < 4.78 is 28.6. The fraction of sp³-hybridized carbons (Fsp3) is 0.769. The third-order valence-electron chi connectivity index (χ3n) is 10.5. The van der Waals surface area contributed by atoms with Crippen LogP contribution in [0, 0.1) is 40.9 Å².